The van der Waals surface area contributed by atoms with Crippen LogP contribution in [0.2, 0.25) is 0 Å². The molecule has 1 aromatic carbocycles. The van der Waals surface area contributed by atoms with Crippen LogP contribution in [0.1, 0.15) is 17.5 Å². The summed E-state index contributed by atoms with van der Waals surface area (Å²) < 4.78 is 5.05. The van der Waals surface area contributed by atoms with Gasteiger partial charge in [-0.25, -0.2) is 0 Å². The monoisotopic (exact) mass is 203 g/mol. The normalized spacial score (nSPS) is 25.3. The van der Waals surface area contributed by atoms with Crippen LogP contribution >= 0.6 is 0 Å². The van der Waals surface area contributed by atoms with Crippen LogP contribution in [0.25, 0.3) is 0 Å². The van der Waals surface area contributed by atoms with Gasteiger partial charge in [-0.1, -0.05) is 29.4 Å². The molecule has 0 N–H and O–H groups in total. The number of nitrogens with zero attached hydrogens (tertiary/aromatic N) is 1. The predicted octanol–water partition coefficient (Wildman–Crippen LogP) is 1.75. The number of hydrogen-bond acceptors (Lipinski definition) is 3. The van der Waals surface area contributed by atoms with Crippen LogP contribution in [0.5, 0.6) is 0 Å². The Kier molecular flexibility index (Phi) is 2.18. The van der Waals surface area contributed by atoms with Gasteiger partial charge in [-0.3, -0.25) is 0 Å². The topological polar surface area (TPSA) is 34.1 Å². The maximum Gasteiger partial charge on any atom is 0.145 e. The van der Waals surface area contributed by atoms with Crippen LogP contribution in [0.3, 0.4) is 0 Å². The number of oxime groups is 1. The third kappa shape index (κ3) is 1.88. The van der Waals surface area contributed by atoms with E-state index < -0.39 is 0 Å². The Balaban J connectivity index is 1.71. The van der Waals surface area contributed by atoms with Crippen molar-refractivity contribution in [2.24, 2.45) is 5.16 Å². The van der Waals surface area contributed by atoms with Crippen molar-refractivity contribution in [2.75, 3.05) is 13.2 Å². The molecule has 1 aromatic rings. The number of epoxide rings is 1. The highest BCUT2D eigenvalue weighted by molar-refractivity contribution is 6.04. The highest BCUT2D eigenvalue weighted by Crippen LogP contribution is 2.22. The van der Waals surface area contributed by atoms with Crippen LogP contribution in [-0.2, 0) is 16.0 Å². The standard InChI is InChI=1S/C12H13NO2/c1-2-4-11-9(3-1)5-6-12(11)13-15-8-10-7-14-10/h1-4,10H,5-8H2/b13-12+. The lowest BCUT2D eigenvalue weighted by atomic mass is 10.1. The molecule has 15 heavy (non-hydrogen) atoms. The summed E-state index contributed by atoms with van der Waals surface area (Å²) in [7, 11) is 0. The van der Waals surface area contributed by atoms with Gasteiger partial charge in [0.1, 0.15) is 12.7 Å². The van der Waals surface area contributed by atoms with Crippen molar-refractivity contribution in [3.05, 3.63) is 35.4 Å². The summed E-state index contributed by atoms with van der Waals surface area (Å²) in [5, 5.41) is 4.18. The molecule has 3 rings (SSSR count). The van der Waals surface area contributed by atoms with E-state index in [9.17, 15) is 0 Å². The van der Waals surface area contributed by atoms with Crippen LogP contribution in [0.4, 0.5) is 0 Å². The lowest BCUT2D eigenvalue weighted by Crippen LogP contribution is -2.01. The fraction of sp³-hybridized carbons (Fsp3) is 0.417. The van der Waals surface area contributed by atoms with Gasteiger partial charge in [0.15, 0.2) is 0 Å². The van der Waals surface area contributed by atoms with Gasteiger partial charge in [-0.15, -0.1) is 0 Å². The van der Waals surface area contributed by atoms with Crippen molar-refractivity contribution in [3.63, 3.8) is 0 Å². The fourth-order valence-electron chi connectivity index (χ4n) is 1.86. The SMILES string of the molecule is c1ccc2c(c1)CC/C2=N\OCC1CO1. The van der Waals surface area contributed by atoms with Gasteiger partial charge in [0, 0.05) is 5.56 Å². The van der Waals surface area contributed by atoms with Gasteiger partial charge in [-0.2, -0.15) is 0 Å². The van der Waals surface area contributed by atoms with Gasteiger partial charge >= 0.3 is 0 Å². The Labute approximate surface area is 88.7 Å². The smallest absolute Gasteiger partial charge is 0.145 e. The Morgan fingerprint density at radius 3 is 3.07 bits per heavy atom. The van der Waals surface area contributed by atoms with Gasteiger partial charge in [-0.05, 0) is 18.4 Å². The fourth-order valence-corrected chi connectivity index (χ4v) is 1.86. The largest absolute Gasteiger partial charge is 0.393 e. The molecular formula is C12H13NO2. The molecule has 1 unspecified atom stereocenters. The maximum absolute atomic E-state index is 5.26. The van der Waals surface area contributed by atoms with Gasteiger partial charge in [0.25, 0.3) is 0 Å². The van der Waals surface area contributed by atoms with E-state index in [1.165, 1.54) is 11.1 Å². The van der Waals surface area contributed by atoms with E-state index in [-0.39, 0.29) is 6.10 Å². The van der Waals surface area contributed by atoms with Crippen molar-refractivity contribution in [1.29, 1.82) is 0 Å². The van der Waals surface area contributed by atoms with Crippen molar-refractivity contribution < 1.29 is 9.57 Å². The van der Waals surface area contributed by atoms with E-state index in [0.717, 1.165) is 25.2 Å². The molecule has 2 aliphatic rings. The van der Waals surface area contributed by atoms with Gasteiger partial charge in [0.05, 0.1) is 12.3 Å². The molecule has 3 heteroatoms. The molecule has 0 bridgehead atoms. The van der Waals surface area contributed by atoms with Crippen LogP contribution in [-0.4, -0.2) is 25.0 Å². The molecule has 1 heterocycles. The Hall–Kier alpha value is -1.35. The molecule has 0 aromatic heterocycles. The van der Waals surface area contributed by atoms with Crippen molar-refractivity contribution in [2.45, 2.75) is 18.9 Å². The number of ether oxygens (including phenoxy) is 1. The maximum atomic E-state index is 5.26. The van der Waals surface area contributed by atoms with Crippen LogP contribution in [0.15, 0.2) is 29.4 Å². The summed E-state index contributed by atoms with van der Waals surface area (Å²) >= 11 is 0. The first-order valence-corrected chi connectivity index (χ1v) is 5.32. The summed E-state index contributed by atoms with van der Waals surface area (Å²) in [5.74, 6) is 0. The number of rotatable bonds is 3. The molecule has 0 saturated carbocycles. The molecule has 3 nitrogen and oxygen atoms in total. The molecule has 1 saturated heterocycles. The van der Waals surface area contributed by atoms with E-state index in [4.69, 9.17) is 9.57 Å². The quantitative estimate of drug-likeness (QED) is 0.554. The van der Waals surface area contributed by atoms with E-state index in [1.807, 2.05) is 6.07 Å². The number of hydrogen-bond donors (Lipinski definition) is 0. The van der Waals surface area contributed by atoms with E-state index >= 15 is 0 Å². The third-order valence-electron chi connectivity index (χ3n) is 2.80. The minimum Gasteiger partial charge on any atom is -0.393 e. The molecule has 1 atom stereocenters. The Morgan fingerprint density at radius 1 is 1.33 bits per heavy atom. The second-order valence-corrected chi connectivity index (χ2v) is 3.95. The summed E-state index contributed by atoms with van der Waals surface area (Å²) in [6, 6.07) is 8.38. The molecule has 1 aliphatic carbocycles. The summed E-state index contributed by atoms with van der Waals surface area (Å²) in [6.45, 7) is 1.41. The first kappa shape index (κ1) is 8.92. The second-order valence-electron chi connectivity index (χ2n) is 3.95. The zero-order valence-corrected chi connectivity index (χ0v) is 8.48. The Bertz CT molecular complexity index is 396. The van der Waals surface area contributed by atoms with Gasteiger partial charge < -0.3 is 9.57 Å². The predicted molar refractivity (Wildman–Crippen MR) is 57.0 cm³/mol. The van der Waals surface area contributed by atoms with E-state index in [1.54, 1.807) is 0 Å². The lowest BCUT2D eigenvalue weighted by Gasteiger charge is -1.99. The van der Waals surface area contributed by atoms with Crippen molar-refractivity contribution in [3.8, 4) is 0 Å². The first-order valence-electron chi connectivity index (χ1n) is 5.32. The summed E-state index contributed by atoms with van der Waals surface area (Å²) in [6.07, 6.45) is 2.36. The molecule has 0 radical (unpaired) electrons. The van der Waals surface area contributed by atoms with Crippen molar-refractivity contribution >= 4 is 5.71 Å². The summed E-state index contributed by atoms with van der Waals surface area (Å²) in [4.78, 5) is 5.26. The molecule has 1 aliphatic heterocycles. The third-order valence-corrected chi connectivity index (χ3v) is 2.80. The minimum absolute atomic E-state index is 0.283. The van der Waals surface area contributed by atoms with Crippen LogP contribution < -0.4 is 0 Å². The molecule has 78 valence electrons. The number of aryl methyl sites for hydroxylation is 1. The molecule has 0 amide bonds. The first-order chi connectivity index (χ1) is 7.43. The Morgan fingerprint density at radius 2 is 2.20 bits per heavy atom. The molecule has 0 spiro atoms. The van der Waals surface area contributed by atoms with Gasteiger partial charge in [0.2, 0.25) is 0 Å². The highest BCUT2D eigenvalue weighted by atomic mass is 16.7. The average molecular weight is 203 g/mol. The van der Waals surface area contributed by atoms with E-state index in [0.29, 0.717) is 6.61 Å². The summed E-state index contributed by atoms with van der Waals surface area (Å²) in [5.41, 5.74) is 3.70. The minimum atomic E-state index is 0.283. The van der Waals surface area contributed by atoms with Crippen molar-refractivity contribution in [1.82, 2.24) is 0 Å². The highest BCUT2D eigenvalue weighted by Gasteiger charge is 2.23. The lowest BCUT2D eigenvalue weighted by molar-refractivity contribution is 0.124. The van der Waals surface area contributed by atoms with Crippen LogP contribution in [0, 0.1) is 0 Å². The second kappa shape index (κ2) is 3.66. The average Bonchev–Trinajstić information content (AvgIpc) is 3.00. The van der Waals surface area contributed by atoms with E-state index in [2.05, 4.69) is 23.4 Å². The molecule has 1 fully saturated rings. The zero-order valence-electron chi connectivity index (χ0n) is 8.48. The zero-order chi connectivity index (χ0) is 10.1. The number of fused-ring (bicyclic) bond motifs is 1. The number of benzene rings is 1. The molecular weight excluding hydrogens is 190 g/mol.